The van der Waals surface area contributed by atoms with Crippen LogP contribution in [-0.2, 0) is 6.61 Å². The largest absolute Gasteiger partial charge is 0.489 e. The summed E-state index contributed by atoms with van der Waals surface area (Å²) in [5.41, 5.74) is 2.15. The second kappa shape index (κ2) is 8.69. The molecule has 0 fully saturated rings. The normalized spacial score (nSPS) is 10.3. The standard InChI is InChI=1S/C22H15N3O2S2/c23-12-15-4-1-5-16(10-15)14-27-18-7-2-6-17(11-18)25-21(26)20-13-24-22(29-20)19-8-3-9-28-19/h1-11,13H,14H2,(H,25,26). The zero-order valence-corrected chi connectivity index (χ0v) is 16.8. The highest BCUT2D eigenvalue weighted by Gasteiger charge is 2.13. The molecule has 2 aromatic heterocycles. The molecule has 29 heavy (non-hydrogen) atoms. The number of thiazole rings is 1. The van der Waals surface area contributed by atoms with Crippen molar-refractivity contribution in [3.63, 3.8) is 0 Å². The fraction of sp³-hybridized carbons (Fsp3) is 0.0455. The van der Waals surface area contributed by atoms with E-state index in [1.807, 2.05) is 47.8 Å². The van der Waals surface area contributed by atoms with Gasteiger partial charge < -0.3 is 10.1 Å². The van der Waals surface area contributed by atoms with Crippen LogP contribution in [0, 0.1) is 11.3 Å². The second-order valence-corrected chi connectivity index (χ2v) is 8.07. The van der Waals surface area contributed by atoms with Crippen LogP contribution in [0.15, 0.2) is 72.2 Å². The van der Waals surface area contributed by atoms with Gasteiger partial charge in [0.15, 0.2) is 0 Å². The van der Waals surface area contributed by atoms with Gasteiger partial charge in [-0.15, -0.1) is 22.7 Å². The lowest BCUT2D eigenvalue weighted by molar-refractivity contribution is 0.103. The summed E-state index contributed by atoms with van der Waals surface area (Å²) in [6.07, 6.45) is 1.59. The second-order valence-electron chi connectivity index (χ2n) is 6.09. The van der Waals surface area contributed by atoms with Crippen LogP contribution in [0.5, 0.6) is 5.75 Å². The third kappa shape index (κ3) is 4.69. The van der Waals surface area contributed by atoms with Crippen molar-refractivity contribution in [2.45, 2.75) is 6.61 Å². The van der Waals surface area contributed by atoms with Crippen molar-refractivity contribution in [1.29, 1.82) is 5.26 Å². The summed E-state index contributed by atoms with van der Waals surface area (Å²) in [6.45, 7) is 0.339. The maximum atomic E-state index is 12.5. The number of thiophene rings is 1. The molecule has 0 bridgehead atoms. The summed E-state index contributed by atoms with van der Waals surface area (Å²) in [6, 6.07) is 20.6. The van der Waals surface area contributed by atoms with Crippen LogP contribution >= 0.6 is 22.7 Å². The Balaban J connectivity index is 1.41. The molecule has 0 aliphatic heterocycles. The minimum absolute atomic E-state index is 0.204. The Hall–Kier alpha value is -3.47. The van der Waals surface area contributed by atoms with Gasteiger partial charge in [-0.05, 0) is 41.3 Å². The smallest absolute Gasteiger partial charge is 0.267 e. The van der Waals surface area contributed by atoms with E-state index in [1.165, 1.54) is 11.3 Å². The number of nitrogens with zero attached hydrogens (tertiary/aromatic N) is 2. The van der Waals surface area contributed by atoms with Crippen LogP contribution < -0.4 is 10.1 Å². The van der Waals surface area contributed by atoms with Crippen LogP contribution in [-0.4, -0.2) is 10.9 Å². The van der Waals surface area contributed by atoms with Gasteiger partial charge in [0.05, 0.1) is 22.7 Å². The molecular weight excluding hydrogens is 402 g/mol. The lowest BCUT2D eigenvalue weighted by Crippen LogP contribution is -2.10. The molecule has 7 heteroatoms. The summed E-state index contributed by atoms with van der Waals surface area (Å²) in [4.78, 5) is 18.5. The SMILES string of the molecule is N#Cc1cccc(COc2cccc(NC(=O)c3cnc(-c4cccs4)s3)c2)c1. The number of aromatic nitrogens is 1. The van der Waals surface area contributed by atoms with Crippen LogP contribution in [0.25, 0.3) is 9.88 Å². The van der Waals surface area contributed by atoms with Crippen molar-refractivity contribution in [2.24, 2.45) is 0 Å². The van der Waals surface area contributed by atoms with Crippen molar-refractivity contribution in [3.8, 4) is 21.7 Å². The first-order chi connectivity index (χ1) is 14.2. The summed E-state index contributed by atoms with van der Waals surface area (Å²) in [7, 11) is 0. The van der Waals surface area contributed by atoms with Crippen LogP contribution in [0.2, 0.25) is 0 Å². The highest BCUT2D eigenvalue weighted by atomic mass is 32.1. The van der Waals surface area contributed by atoms with E-state index in [1.54, 1.807) is 35.7 Å². The number of hydrogen-bond acceptors (Lipinski definition) is 6. The number of amides is 1. The molecule has 0 saturated carbocycles. The predicted octanol–water partition coefficient (Wildman–Crippen LogP) is 5.57. The first-order valence-electron chi connectivity index (χ1n) is 8.74. The summed E-state index contributed by atoms with van der Waals surface area (Å²) in [5, 5.41) is 14.7. The van der Waals surface area contributed by atoms with E-state index in [0.29, 0.717) is 28.5 Å². The monoisotopic (exact) mass is 417 g/mol. The maximum absolute atomic E-state index is 12.5. The number of anilines is 1. The molecule has 1 N–H and O–H groups in total. The number of nitrogens with one attached hydrogen (secondary N) is 1. The highest BCUT2D eigenvalue weighted by Crippen LogP contribution is 2.29. The molecule has 5 nitrogen and oxygen atoms in total. The third-order valence-corrected chi connectivity index (χ3v) is 6.05. The van der Waals surface area contributed by atoms with Gasteiger partial charge in [-0.3, -0.25) is 4.79 Å². The van der Waals surface area contributed by atoms with Crippen molar-refractivity contribution in [3.05, 3.63) is 88.2 Å². The van der Waals surface area contributed by atoms with Gasteiger partial charge in [0.2, 0.25) is 0 Å². The number of rotatable bonds is 6. The quantitative estimate of drug-likeness (QED) is 0.445. The molecule has 2 heterocycles. The molecule has 0 saturated heterocycles. The Morgan fingerprint density at radius 1 is 1.14 bits per heavy atom. The van der Waals surface area contributed by atoms with E-state index >= 15 is 0 Å². The van der Waals surface area contributed by atoms with Gasteiger partial charge in [-0.1, -0.05) is 24.3 Å². The zero-order valence-electron chi connectivity index (χ0n) is 15.2. The fourth-order valence-electron chi connectivity index (χ4n) is 2.65. The summed E-state index contributed by atoms with van der Waals surface area (Å²) in [5.74, 6) is 0.429. The molecule has 142 valence electrons. The number of hydrogen-bond donors (Lipinski definition) is 1. The van der Waals surface area contributed by atoms with Crippen LogP contribution in [0.3, 0.4) is 0 Å². The maximum Gasteiger partial charge on any atom is 0.267 e. The van der Waals surface area contributed by atoms with E-state index in [-0.39, 0.29) is 5.91 Å². The summed E-state index contributed by atoms with van der Waals surface area (Å²) < 4.78 is 5.80. The van der Waals surface area contributed by atoms with E-state index in [4.69, 9.17) is 10.00 Å². The Labute approximate surface area is 175 Å². The fourth-order valence-corrected chi connectivity index (χ4v) is 4.26. The molecule has 0 aliphatic carbocycles. The van der Waals surface area contributed by atoms with Crippen molar-refractivity contribution in [2.75, 3.05) is 5.32 Å². The van der Waals surface area contributed by atoms with Gasteiger partial charge >= 0.3 is 0 Å². The first kappa shape index (κ1) is 18.9. The molecule has 0 spiro atoms. The van der Waals surface area contributed by atoms with Gasteiger partial charge in [-0.2, -0.15) is 5.26 Å². The molecule has 1 amide bonds. The molecule has 0 unspecified atom stereocenters. The molecule has 0 aliphatic rings. The Morgan fingerprint density at radius 2 is 2.03 bits per heavy atom. The number of carbonyl (C=O) groups is 1. The number of nitriles is 1. The van der Waals surface area contributed by atoms with Crippen molar-refractivity contribution in [1.82, 2.24) is 4.98 Å². The van der Waals surface area contributed by atoms with Crippen LogP contribution in [0.1, 0.15) is 20.8 Å². The first-order valence-corrected chi connectivity index (χ1v) is 10.4. The average Bonchev–Trinajstić information content (AvgIpc) is 3.44. The molecule has 4 aromatic rings. The topological polar surface area (TPSA) is 75.0 Å². The Kier molecular flexibility index (Phi) is 5.66. The average molecular weight is 418 g/mol. The Morgan fingerprint density at radius 3 is 2.86 bits per heavy atom. The molecule has 0 atom stereocenters. The van der Waals surface area contributed by atoms with Crippen molar-refractivity contribution < 1.29 is 9.53 Å². The zero-order chi connectivity index (χ0) is 20.1. The Bertz CT molecular complexity index is 1180. The minimum atomic E-state index is -0.204. The van der Waals surface area contributed by atoms with E-state index in [0.717, 1.165) is 15.4 Å². The van der Waals surface area contributed by atoms with Gasteiger partial charge in [0.25, 0.3) is 5.91 Å². The minimum Gasteiger partial charge on any atom is -0.489 e. The molecule has 0 radical (unpaired) electrons. The molecular formula is C22H15N3O2S2. The summed E-state index contributed by atoms with van der Waals surface area (Å²) >= 11 is 2.96. The van der Waals surface area contributed by atoms with Crippen LogP contribution in [0.4, 0.5) is 5.69 Å². The van der Waals surface area contributed by atoms with Gasteiger partial charge in [0.1, 0.15) is 22.2 Å². The predicted molar refractivity (Wildman–Crippen MR) is 115 cm³/mol. The third-order valence-electron chi connectivity index (χ3n) is 4.01. The highest BCUT2D eigenvalue weighted by molar-refractivity contribution is 7.22. The lowest BCUT2D eigenvalue weighted by atomic mass is 10.1. The van der Waals surface area contributed by atoms with Crippen molar-refractivity contribution >= 4 is 34.3 Å². The van der Waals surface area contributed by atoms with E-state index in [9.17, 15) is 4.79 Å². The number of carbonyl (C=O) groups excluding carboxylic acids is 1. The molecule has 2 aromatic carbocycles. The number of benzene rings is 2. The van der Waals surface area contributed by atoms with Gasteiger partial charge in [-0.25, -0.2) is 4.98 Å². The van der Waals surface area contributed by atoms with E-state index < -0.39 is 0 Å². The van der Waals surface area contributed by atoms with E-state index in [2.05, 4.69) is 16.4 Å². The number of ether oxygens (including phenoxy) is 1. The van der Waals surface area contributed by atoms with Gasteiger partial charge in [0, 0.05) is 11.8 Å². The molecule has 4 rings (SSSR count). The lowest BCUT2D eigenvalue weighted by Gasteiger charge is -2.09.